The van der Waals surface area contributed by atoms with Crippen LogP contribution in [0.4, 0.5) is 0 Å². The van der Waals surface area contributed by atoms with E-state index in [0.717, 1.165) is 33.2 Å². The van der Waals surface area contributed by atoms with E-state index < -0.39 is 0 Å². The smallest absolute Gasteiger partial charge is 0.310 e. The van der Waals surface area contributed by atoms with Gasteiger partial charge in [0, 0.05) is 36.2 Å². The number of halogens is 1. The molecule has 182 valence electrons. The minimum Gasteiger partial charge on any atom is -0.489 e. The molecule has 6 nitrogen and oxygen atoms in total. The molecule has 0 aliphatic rings. The van der Waals surface area contributed by atoms with Gasteiger partial charge in [-0.2, -0.15) is 0 Å². The van der Waals surface area contributed by atoms with Gasteiger partial charge in [0.1, 0.15) is 24.0 Å². The first-order valence-corrected chi connectivity index (χ1v) is 11.7. The fourth-order valence-electron chi connectivity index (χ4n) is 3.99. The van der Waals surface area contributed by atoms with Crippen LogP contribution in [-0.4, -0.2) is 25.8 Å². The summed E-state index contributed by atoms with van der Waals surface area (Å²) in [5.74, 6) is 0.294. The normalized spacial score (nSPS) is 12.0. The lowest BCUT2D eigenvalue weighted by Gasteiger charge is -2.15. The van der Waals surface area contributed by atoms with Crippen molar-refractivity contribution in [3.63, 3.8) is 0 Å². The number of carbonyl (C=O) groups excluding carboxylic acids is 1. The summed E-state index contributed by atoms with van der Waals surface area (Å²) in [6, 6.07) is 21.3. The zero-order valence-electron chi connectivity index (χ0n) is 19.8. The van der Waals surface area contributed by atoms with Crippen LogP contribution in [0.2, 0.25) is 5.22 Å². The molecule has 1 aromatic heterocycles. The number of benzene rings is 3. The monoisotopic (exact) mass is 493 g/mol. The van der Waals surface area contributed by atoms with Gasteiger partial charge in [-0.3, -0.25) is 4.79 Å². The Bertz CT molecular complexity index is 1320. The number of ether oxygens (including phenoxy) is 3. The molecule has 1 heterocycles. The molecule has 0 amide bonds. The Morgan fingerprint density at radius 1 is 1.06 bits per heavy atom. The van der Waals surface area contributed by atoms with Crippen LogP contribution in [0.25, 0.3) is 22.1 Å². The maximum absolute atomic E-state index is 12.4. The first-order valence-electron chi connectivity index (χ1n) is 11.4. The highest BCUT2D eigenvalue weighted by Gasteiger charge is 2.15. The van der Waals surface area contributed by atoms with Crippen molar-refractivity contribution in [1.29, 1.82) is 0 Å². The highest BCUT2D eigenvalue weighted by Crippen LogP contribution is 2.35. The molecule has 4 rings (SSSR count). The maximum atomic E-state index is 12.4. The van der Waals surface area contributed by atoms with Crippen molar-refractivity contribution in [2.75, 3.05) is 13.7 Å². The standard InChI is InChI=1S/C28H28ClNO5/c1-18(16-32-2)34-27(31)14-22-7-3-4-9-25(22)33-17-20-11-23-13-26(29)35-28(23)24(12-20)21-8-5-6-19(10-21)15-30/h3-13,18H,14-17,30H2,1-2H3. The molecule has 0 spiro atoms. The van der Waals surface area contributed by atoms with E-state index in [9.17, 15) is 4.79 Å². The quantitative estimate of drug-likeness (QED) is 0.276. The van der Waals surface area contributed by atoms with Crippen molar-refractivity contribution in [2.45, 2.75) is 32.6 Å². The fraction of sp³-hybridized carbons (Fsp3) is 0.250. The largest absolute Gasteiger partial charge is 0.489 e. The summed E-state index contributed by atoms with van der Waals surface area (Å²) in [6.45, 7) is 2.89. The van der Waals surface area contributed by atoms with Crippen LogP contribution < -0.4 is 10.5 Å². The second-order valence-electron chi connectivity index (χ2n) is 8.35. The molecule has 2 N–H and O–H groups in total. The Labute approximate surface area is 209 Å². The first kappa shape index (κ1) is 24.8. The Balaban J connectivity index is 1.57. The van der Waals surface area contributed by atoms with Crippen molar-refractivity contribution >= 4 is 28.5 Å². The zero-order valence-corrected chi connectivity index (χ0v) is 20.5. The summed E-state index contributed by atoms with van der Waals surface area (Å²) in [5.41, 5.74) is 11.2. The molecule has 0 radical (unpaired) electrons. The molecule has 0 saturated carbocycles. The second kappa shape index (κ2) is 11.4. The topological polar surface area (TPSA) is 83.9 Å². The van der Waals surface area contributed by atoms with Crippen molar-refractivity contribution in [2.24, 2.45) is 5.73 Å². The lowest BCUT2D eigenvalue weighted by molar-refractivity contribution is -0.149. The predicted molar refractivity (Wildman–Crippen MR) is 136 cm³/mol. The molecule has 0 aliphatic carbocycles. The SMILES string of the molecule is COCC(C)OC(=O)Cc1ccccc1OCc1cc(-c2cccc(CN)c2)c2oc(Cl)cc2c1. The van der Waals surface area contributed by atoms with E-state index in [1.807, 2.05) is 60.7 Å². The number of nitrogens with two attached hydrogens (primary N) is 1. The Hall–Kier alpha value is -3.32. The Morgan fingerprint density at radius 2 is 1.89 bits per heavy atom. The highest BCUT2D eigenvalue weighted by atomic mass is 35.5. The van der Waals surface area contributed by atoms with Crippen LogP contribution in [-0.2, 0) is 33.8 Å². The maximum Gasteiger partial charge on any atom is 0.310 e. The van der Waals surface area contributed by atoms with E-state index in [4.69, 9.17) is 36.0 Å². The van der Waals surface area contributed by atoms with Gasteiger partial charge in [0.05, 0.1) is 13.0 Å². The Kier molecular flexibility index (Phi) is 8.08. The predicted octanol–water partition coefficient (Wildman–Crippen LogP) is 5.91. The average molecular weight is 494 g/mol. The summed E-state index contributed by atoms with van der Waals surface area (Å²) in [4.78, 5) is 12.4. The Morgan fingerprint density at radius 3 is 2.69 bits per heavy atom. The number of hydrogen-bond donors (Lipinski definition) is 1. The molecular weight excluding hydrogens is 466 g/mol. The van der Waals surface area contributed by atoms with Crippen LogP contribution in [0, 0.1) is 0 Å². The molecule has 0 saturated heterocycles. The zero-order chi connectivity index (χ0) is 24.8. The minimum atomic E-state index is -0.331. The third-order valence-electron chi connectivity index (χ3n) is 5.56. The summed E-state index contributed by atoms with van der Waals surface area (Å²) in [7, 11) is 1.57. The van der Waals surface area contributed by atoms with E-state index in [0.29, 0.717) is 36.3 Å². The van der Waals surface area contributed by atoms with Gasteiger partial charge in [-0.1, -0.05) is 36.4 Å². The molecule has 7 heteroatoms. The molecule has 0 bridgehead atoms. The van der Waals surface area contributed by atoms with Crippen molar-refractivity contribution < 1.29 is 23.4 Å². The third-order valence-corrected chi connectivity index (χ3v) is 5.74. The van der Waals surface area contributed by atoms with Gasteiger partial charge in [-0.15, -0.1) is 0 Å². The van der Waals surface area contributed by atoms with Crippen LogP contribution in [0.5, 0.6) is 5.75 Å². The number of methoxy groups -OCH3 is 1. The van der Waals surface area contributed by atoms with E-state index in [1.54, 1.807) is 20.1 Å². The van der Waals surface area contributed by atoms with E-state index in [1.165, 1.54) is 0 Å². The lowest BCUT2D eigenvalue weighted by Crippen LogP contribution is -2.21. The van der Waals surface area contributed by atoms with Gasteiger partial charge < -0.3 is 24.4 Å². The van der Waals surface area contributed by atoms with Crippen LogP contribution >= 0.6 is 11.6 Å². The van der Waals surface area contributed by atoms with Crippen molar-refractivity contribution in [3.8, 4) is 16.9 Å². The molecule has 1 atom stereocenters. The molecule has 1 unspecified atom stereocenters. The van der Waals surface area contributed by atoms with Crippen LogP contribution in [0.1, 0.15) is 23.6 Å². The first-order chi connectivity index (χ1) is 17.0. The van der Waals surface area contributed by atoms with E-state index in [2.05, 4.69) is 0 Å². The second-order valence-corrected chi connectivity index (χ2v) is 8.72. The van der Waals surface area contributed by atoms with Crippen molar-refractivity contribution in [1.82, 2.24) is 0 Å². The van der Waals surface area contributed by atoms with Gasteiger partial charge in [-0.25, -0.2) is 0 Å². The van der Waals surface area contributed by atoms with Gasteiger partial charge in [0.15, 0.2) is 5.22 Å². The molecule has 0 aliphatic heterocycles. The molecule has 0 fully saturated rings. The van der Waals surface area contributed by atoms with Gasteiger partial charge in [0.25, 0.3) is 0 Å². The van der Waals surface area contributed by atoms with Crippen LogP contribution in [0.15, 0.2) is 71.1 Å². The van der Waals surface area contributed by atoms with Gasteiger partial charge in [0.2, 0.25) is 0 Å². The minimum absolute atomic E-state index is 0.109. The summed E-state index contributed by atoms with van der Waals surface area (Å²) in [6.07, 6.45) is -0.206. The average Bonchev–Trinajstić information content (AvgIpc) is 3.23. The van der Waals surface area contributed by atoms with E-state index >= 15 is 0 Å². The van der Waals surface area contributed by atoms with Crippen molar-refractivity contribution in [3.05, 3.63) is 88.6 Å². The highest BCUT2D eigenvalue weighted by molar-refractivity contribution is 6.30. The fourth-order valence-corrected chi connectivity index (χ4v) is 4.18. The summed E-state index contributed by atoms with van der Waals surface area (Å²) < 4.78 is 22.4. The number of carbonyl (C=O) groups is 1. The molecule has 4 aromatic rings. The molecule has 3 aromatic carbocycles. The third kappa shape index (κ3) is 6.22. The number of furan rings is 1. The van der Waals surface area contributed by atoms with E-state index in [-0.39, 0.29) is 18.5 Å². The summed E-state index contributed by atoms with van der Waals surface area (Å²) >= 11 is 6.18. The van der Waals surface area contributed by atoms with Gasteiger partial charge >= 0.3 is 5.97 Å². The number of rotatable bonds is 10. The van der Waals surface area contributed by atoms with Crippen LogP contribution in [0.3, 0.4) is 0 Å². The number of hydrogen-bond acceptors (Lipinski definition) is 6. The number of para-hydroxylation sites is 1. The summed E-state index contributed by atoms with van der Waals surface area (Å²) in [5, 5.41) is 1.20. The molecule has 35 heavy (non-hydrogen) atoms. The molecular formula is C28H28ClNO5. The lowest BCUT2D eigenvalue weighted by atomic mass is 9.99. The van der Waals surface area contributed by atoms with Gasteiger partial charge in [-0.05, 0) is 59.5 Å². The number of fused-ring (bicyclic) bond motifs is 1. The number of esters is 1.